The Kier molecular flexibility index (Phi) is 4.03. The van der Waals surface area contributed by atoms with Crippen LogP contribution in [0.25, 0.3) is 0 Å². The summed E-state index contributed by atoms with van der Waals surface area (Å²) in [5.74, 6) is -1.74. The van der Waals surface area contributed by atoms with Crippen molar-refractivity contribution in [2.24, 2.45) is 0 Å². The van der Waals surface area contributed by atoms with Gasteiger partial charge in [-0.1, -0.05) is 41.7 Å². The maximum atomic E-state index is 11.4. The van der Waals surface area contributed by atoms with Gasteiger partial charge in [0, 0.05) is 18.1 Å². The van der Waals surface area contributed by atoms with Crippen LogP contribution in [0.3, 0.4) is 0 Å². The third-order valence-electron chi connectivity index (χ3n) is 2.07. The summed E-state index contributed by atoms with van der Waals surface area (Å²) in [7, 11) is 0. The van der Waals surface area contributed by atoms with Gasteiger partial charge in [0.05, 0.1) is 0 Å². The summed E-state index contributed by atoms with van der Waals surface area (Å²) in [6.07, 6.45) is 1.50. The molecular formula is C12H10N2O3S. The molecule has 0 atom stereocenters. The van der Waals surface area contributed by atoms with Crippen molar-refractivity contribution in [3.05, 3.63) is 47.5 Å². The van der Waals surface area contributed by atoms with Crippen molar-refractivity contribution < 1.29 is 14.3 Å². The Labute approximate surface area is 107 Å². The molecule has 1 aromatic carbocycles. The molecule has 18 heavy (non-hydrogen) atoms. The fourth-order valence-electron chi connectivity index (χ4n) is 1.24. The Bertz CT molecular complexity index is 526. The predicted molar refractivity (Wildman–Crippen MR) is 66.0 cm³/mol. The Hall–Kier alpha value is -2.21. The number of amides is 1. The van der Waals surface area contributed by atoms with E-state index in [1.807, 2.05) is 30.3 Å². The highest BCUT2D eigenvalue weighted by Crippen LogP contribution is 2.13. The van der Waals surface area contributed by atoms with Crippen LogP contribution in [0.1, 0.15) is 5.56 Å². The maximum Gasteiger partial charge on any atom is 0.404 e. The van der Waals surface area contributed by atoms with E-state index >= 15 is 0 Å². The van der Waals surface area contributed by atoms with Crippen LogP contribution in [0.15, 0.2) is 41.9 Å². The van der Waals surface area contributed by atoms with E-state index in [4.69, 9.17) is 4.74 Å². The Balaban J connectivity index is 1.83. The van der Waals surface area contributed by atoms with E-state index in [0.29, 0.717) is 0 Å². The molecule has 0 radical (unpaired) electrons. The van der Waals surface area contributed by atoms with Gasteiger partial charge in [0.1, 0.15) is 0 Å². The number of nitrogens with one attached hydrogen (secondary N) is 1. The number of hydrogen-bond donors (Lipinski definition) is 1. The molecule has 0 saturated carbocycles. The summed E-state index contributed by atoms with van der Waals surface area (Å²) in [5, 5.41) is 4.29. The van der Waals surface area contributed by atoms with Gasteiger partial charge < -0.3 is 10.1 Å². The lowest BCUT2D eigenvalue weighted by Crippen LogP contribution is -2.33. The van der Waals surface area contributed by atoms with Gasteiger partial charge in [-0.05, 0) is 5.56 Å². The molecule has 1 N–H and O–H groups in total. The van der Waals surface area contributed by atoms with Gasteiger partial charge in [-0.15, -0.1) is 0 Å². The SMILES string of the molecule is O=C(NCc1ccccc1)C(=O)Oc1nccs1. The number of esters is 1. The quantitative estimate of drug-likeness (QED) is 0.670. The van der Waals surface area contributed by atoms with Crippen LogP contribution in [0.5, 0.6) is 5.19 Å². The van der Waals surface area contributed by atoms with Crippen molar-refractivity contribution in [1.82, 2.24) is 10.3 Å². The number of nitrogens with zero attached hydrogens (tertiary/aromatic N) is 1. The van der Waals surface area contributed by atoms with Gasteiger partial charge in [0.2, 0.25) is 0 Å². The van der Waals surface area contributed by atoms with Crippen LogP contribution in [0, 0.1) is 0 Å². The predicted octanol–water partition coefficient (Wildman–Crippen LogP) is 1.36. The molecule has 0 aliphatic rings. The molecule has 1 heterocycles. The largest absolute Gasteiger partial charge is 0.404 e. The summed E-state index contributed by atoms with van der Waals surface area (Å²) in [6.45, 7) is 0.284. The van der Waals surface area contributed by atoms with Crippen LogP contribution in [0.2, 0.25) is 0 Å². The number of ether oxygens (including phenoxy) is 1. The van der Waals surface area contributed by atoms with Crippen molar-refractivity contribution in [3.8, 4) is 5.19 Å². The molecule has 5 nitrogen and oxygen atoms in total. The van der Waals surface area contributed by atoms with E-state index < -0.39 is 11.9 Å². The van der Waals surface area contributed by atoms with Gasteiger partial charge in [-0.25, -0.2) is 9.78 Å². The summed E-state index contributed by atoms with van der Waals surface area (Å²) in [6, 6.07) is 9.30. The lowest BCUT2D eigenvalue weighted by atomic mass is 10.2. The molecule has 1 amide bonds. The first-order valence-corrected chi connectivity index (χ1v) is 6.07. The number of carbonyl (C=O) groups is 2. The molecule has 2 aromatic rings. The van der Waals surface area contributed by atoms with Crippen LogP contribution in [0.4, 0.5) is 0 Å². The maximum absolute atomic E-state index is 11.4. The van der Waals surface area contributed by atoms with Crippen LogP contribution >= 0.6 is 11.3 Å². The van der Waals surface area contributed by atoms with Crippen molar-refractivity contribution >= 4 is 23.2 Å². The molecule has 0 unspecified atom stereocenters. The topological polar surface area (TPSA) is 68.3 Å². The number of aromatic nitrogens is 1. The molecular weight excluding hydrogens is 252 g/mol. The normalized spacial score (nSPS) is 9.78. The lowest BCUT2D eigenvalue weighted by molar-refractivity contribution is -0.148. The molecule has 6 heteroatoms. The first-order valence-electron chi connectivity index (χ1n) is 5.19. The van der Waals surface area contributed by atoms with E-state index in [0.717, 1.165) is 16.9 Å². The van der Waals surface area contributed by atoms with Crippen LogP contribution < -0.4 is 10.1 Å². The third-order valence-corrected chi connectivity index (χ3v) is 2.72. The second-order valence-electron chi connectivity index (χ2n) is 3.36. The molecule has 92 valence electrons. The molecule has 0 aliphatic heterocycles. The average Bonchev–Trinajstić information content (AvgIpc) is 2.90. The summed E-state index contributed by atoms with van der Waals surface area (Å²) in [4.78, 5) is 26.6. The molecule has 0 aliphatic carbocycles. The Morgan fingerprint density at radius 1 is 1.28 bits per heavy atom. The smallest absolute Gasteiger partial charge is 0.391 e. The standard InChI is InChI=1S/C12H10N2O3S/c15-10(11(16)17-12-13-6-7-18-12)14-8-9-4-2-1-3-5-9/h1-7H,8H2,(H,14,15). The van der Waals surface area contributed by atoms with Crippen molar-refractivity contribution in [3.63, 3.8) is 0 Å². The van der Waals surface area contributed by atoms with Gasteiger partial charge in [0.15, 0.2) is 0 Å². The van der Waals surface area contributed by atoms with Crippen LogP contribution in [-0.2, 0) is 16.1 Å². The van der Waals surface area contributed by atoms with E-state index in [2.05, 4.69) is 10.3 Å². The minimum absolute atomic E-state index is 0.162. The molecule has 0 bridgehead atoms. The van der Waals surface area contributed by atoms with Crippen molar-refractivity contribution in [2.45, 2.75) is 6.54 Å². The summed E-state index contributed by atoms with van der Waals surface area (Å²) in [5.41, 5.74) is 0.910. The first kappa shape index (κ1) is 12.3. The monoisotopic (exact) mass is 262 g/mol. The zero-order valence-electron chi connectivity index (χ0n) is 9.33. The van der Waals surface area contributed by atoms with Gasteiger partial charge in [0.25, 0.3) is 5.19 Å². The molecule has 0 saturated heterocycles. The second-order valence-corrected chi connectivity index (χ2v) is 4.21. The average molecular weight is 262 g/mol. The van der Waals surface area contributed by atoms with Gasteiger partial charge >= 0.3 is 11.9 Å². The highest BCUT2D eigenvalue weighted by molar-refractivity contribution is 7.11. The number of carbonyl (C=O) groups excluding carboxylic acids is 2. The molecule has 0 fully saturated rings. The fraction of sp³-hybridized carbons (Fsp3) is 0.0833. The van der Waals surface area contributed by atoms with E-state index in [1.165, 1.54) is 6.20 Å². The third kappa shape index (κ3) is 3.39. The van der Waals surface area contributed by atoms with Crippen LogP contribution in [-0.4, -0.2) is 16.9 Å². The number of hydrogen-bond acceptors (Lipinski definition) is 5. The van der Waals surface area contributed by atoms with Gasteiger partial charge in [-0.3, -0.25) is 4.79 Å². The van der Waals surface area contributed by atoms with Gasteiger partial charge in [-0.2, -0.15) is 0 Å². The Morgan fingerprint density at radius 2 is 2.06 bits per heavy atom. The van der Waals surface area contributed by atoms with E-state index in [-0.39, 0.29) is 11.7 Å². The summed E-state index contributed by atoms with van der Waals surface area (Å²) >= 11 is 1.15. The van der Waals surface area contributed by atoms with Crippen molar-refractivity contribution in [1.29, 1.82) is 0 Å². The van der Waals surface area contributed by atoms with Crippen molar-refractivity contribution in [2.75, 3.05) is 0 Å². The Morgan fingerprint density at radius 3 is 2.72 bits per heavy atom. The first-order chi connectivity index (χ1) is 8.75. The summed E-state index contributed by atoms with van der Waals surface area (Å²) < 4.78 is 4.76. The zero-order chi connectivity index (χ0) is 12.8. The zero-order valence-corrected chi connectivity index (χ0v) is 10.1. The van der Waals surface area contributed by atoms with E-state index in [1.54, 1.807) is 5.38 Å². The number of thiazole rings is 1. The van der Waals surface area contributed by atoms with E-state index in [9.17, 15) is 9.59 Å². The minimum Gasteiger partial charge on any atom is -0.391 e. The minimum atomic E-state index is -0.958. The highest BCUT2D eigenvalue weighted by atomic mass is 32.1. The lowest BCUT2D eigenvalue weighted by Gasteiger charge is -2.03. The molecule has 0 spiro atoms. The second kappa shape index (κ2) is 5.92. The number of benzene rings is 1. The molecule has 1 aromatic heterocycles. The highest BCUT2D eigenvalue weighted by Gasteiger charge is 2.16. The number of rotatable bonds is 3. The molecule has 2 rings (SSSR count). The fourth-order valence-corrected chi connectivity index (χ4v) is 1.72.